The van der Waals surface area contributed by atoms with Crippen LogP contribution >= 0.6 is 12.0 Å². The Bertz CT molecular complexity index is 153. The minimum atomic E-state index is 0.503. The molecule has 2 aliphatic rings. The van der Waals surface area contributed by atoms with E-state index in [2.05, 4.69) is 12.2 Å². The van der Waals surface area contributed by atoms with E-state index in [1.54, 1.807) is 0 Å². The molecule has 0 radical (unpaired) electrons. The van der Waals surface area contributed by atoms with Crippen LogP contribution in [-0.4, -0.2) is 9.80 Å². The molecule has 0 aromatic carbocycles. The molecule has 10 heavy (non-hydrogen) atoms. The van der Waals surface area contributed by atoms with Gasteiger partial charge >= 0.3 is 0 Å². The lowest BCUT2D eigenvalue weighted by molar-refractivity contribution is 0.208. The molecule has 2 heteroatoms. The molecular formula is C8H12OS. The molecule has 0 heterocycles. The van der Waals surface area contributed by atoms with Crippen LogP contribution in [0.3, 0.4) is 0 Å². The van der Waals surface area contributed by atoms with Crippen molar-refractivity contribution in [3.05, 3.63) is 12.2 Å². The van der Waals surface area contributed by atoms with E-state index in [-0.39, 0.29) is 0 Å². The van der Waals surface area contributed by atoms with Gasteiger partial charge in [0.2, 0.25) is 0 Å². The molecule has 0 saturated heterocycles. The lowest BCUT2D eigenvalue weighted by atomic mass is 9.68. The molecule has 2 rings (SSSR count). The highest BCUT2D eigenvalue weighted by Gasteiger charge is 2.37. The molecule has 1 N–H and O–H groups in total. The zero-order chi connectivity index (χ0) is 6.97. The summed E-state index contributed by atoms with van der Waals surface area (Å²) >= 11 is 1.06. The molecule has 0 spiro atoms. The lowest BCUT2D eigenvalue weighted by Gasteiger charge is -2.41. The molecule has 1 nitrogen and oxygen atoms in total. The van der Waals surface area contributed by atoms with Crippen molar-refractivity contribution >= 4 is 12.0 Å². The summed E-state index contributed by atoms with van der Waals surface area (Å²) in [4.78, 5) is 0. The maximum absolute atomic E-state index is 8.90. The largest absolute Gasteiger partial charge is 0.330 e. The minimum absolute atomic E-state index is 0.503. The van der Waals surface area contributed by atoms with Crippen LogP contribution in [-0.2, 0) is 0 Å². The highest BCUT2D eigenvalue weighted by atomic mass is 32.2. The third-order valence-electron chi connectivity index (χ3n) is 2.75. The molecule has 0 aliphatic heterocycles. The van der Waals surface area contributed by atoms with Crippen molar-refractivity contribution < 1.29 is 4.55 Å². The molecule has 0 bridgehead atoms. The normalized spacial score (nSPS) is 44.3. The van der Waals surface area contributed by atoms with Crippen molar-refractivity contribution in [3.8, 4) is 0 Å². The summed E-state index contributed by atoms with van der Waals surface area (Å²) in [6, 6.07) is 0. The van der Waals surface area contributed by atoms with Crippen molar-refractivity contribution in [2.45, 2.75) is 24.5 Å². The van der Waals surface area contributed by atoms with Gasteiger partial charge in [-0.25, -0.2) is 0 Å². The fraction of sp³-hybridized carbons (Fsp3) is 0.750. The second-order valence-electron chi connectivity index (χ2n) is 3.21. The van der Waals surface area contributed by atoms with Crippen LogP contribution < -0.4 is 0 Å². The van der Waals surface area contributed by atoms with Gasteiger partial charge in [-0.15, -0.1) is 0 Å². The summed E-state index contributed by atoms with van der Waals surface area (Å²) in [5.74, 6) is 1.60. The molecule has 2 aliphatic carbocycles. The van der Waals surface area contributed by atoms with Gasteiger partial charge in [0, 0.05) is 5.25 Å². The van der Waals surface area contributed by atoms with Crippen molar-refractivity contribution in [2.75, 3.05) is 0 Å². The Morgan fingerprint density at radius 1 is 1.40 bits per heavy atom. The quantitative estimate of drug-likeness (QED) is 0.465. The van der Waals surface area contributed by atoms with Gasteiger partial charge in [0.1, 0.15) is 0 Å². The van der Waals surface area contributed by atoms with Gasteiger partial charge in [-0.1, -0.05) is 12.2 Å². The van der Waals surface area contributed by atoms with Crippen LogP contribution in [0.1, 0.15) is 19.3 Å². The Morgan fingerprint density at radius 2 is 2.30 bits per heavy atom. The van der Waals surface area contributed by atoms with Crippen LogP contribution in [0.25, 0.3) is 0 Å². The average molecular weight is 156 g/mol. The van der Waals surface area contributed by atoms with Gasteiger partial charge in [0.15, 0.2) is 0 Å². The first-order valence-electron chi connectivity index (χ1n) is 3.88. The van der Waals surface area contributed by atoms with E-state index < -0.39 is 0 Å². The molecule has 3 atom stereocenters. The fourth-order valence-electron chi connectivity index (χ4n) is 1.94. The molecule has 1 fully saturated rings. The van der Waals surface area contributed by atoms with Gasteiger partial charge in [0.25, 0.3) is 0 Å². The van der Waals surface area contributed by atoms with Crippen molar-refractivity contribution in [1.82, 2.24) is 0 Å². The highest BCUT2D eigenvalue weighted by Crippen LogP contribution is 2.45. The summed E-state index contributed by atoms with van der Waals surface area (Å²) in [6.07, 6.45) is 8.28. The summed E-state index contributed by atoms with van der Waals surface area (Å²) in [5, 5.41) is 0.503. The van der Waals surface area contributed by atoms with E-state index in [0.29, 0.717) is 5.25 Å². The van der Waals surface area contributed by atoms with Gasteiger partial charge in [-0.3, -0.25) is 0 Å². The van der Waals surface area contributed by atoms with E-state index in [1.165, 1.54) is 12.8 Å². The van der Waals surface area contributed by atoms with Gasteiger partial charge in [-0.05, 0) is 43.1 Å². The van der Waals surface area contributed by atoms with Crippen molar-refractivity contribution in [3.63, 3.8) is 0 Å². The Balaban J connectivity index is 2.05. The summed E-state index contributed by atoms with van der Waals surface area (Å²) in [7, 11) is 0. The molecule has 56 valence electrons. The first kappa shape index (κ1) is 6.74. The van der Waals surface area contributed by atoms with Gasteiger partial charge in [0.05, 0.1) is 0 Å². The molecule has 0 aromatic rings. The molecule has 0 aromatic heterocycles. The summed E-state index contributed by atoms with van der Waals surface area (Å²) in [6.45, 7) is 0. The second kappa shape index (κ2) is 2.59. The SMILES string of the molecule is OS[C@@H]1CC=CC2CCC21. The Kier molecular flexibility index (Phi) is 1.75. The highest BCUT2D eigenvalue weighted by molar-refractivity contribution is 7.94. The van der Waals surface area contributed by atoms with E-state index >= 15 is 0 Å². The Labute approximate surface area is 65.7 Å². The maximum Gasteiger partial charge on any atom is 0.0376 e. The standard InChI is InChI=1S/C8H12OS/c9-10-8-3-1-2-6-4-5-7(6)8/h1-2,6-9H,3-5H2/t6?,7?,8-/m1/s1. The zero-order valence-corrected chi connectivity index (χ0v) is 6.68. The molecule has 0 amide bonds. The predicted molar refractivity (Wildman–Crippen MR) is 44.0 cm³/mol. The first-order valence-corrected chi connectivity index (χ1v) is 4.72. The maximum atomic E-state index is 8.90. The van der Waals surface area contributed by atoms with Crippen LogP contribution in [0.5, 0.6) is 0 Å². The van der Waals surface area contributed by atoms with E-state index in [0.717, 1.165) is 30.3 Å². The predicted octanol–water partition coefficient (Wildman–Crippen LogP) is 2.55. The number of rotatable bonds is 1. The fourth-order valence-corrected chi connectivity index (χ4v) is 2.63. The molecular weight excluding hydrogens is 144 g/mol. The smallest absolute Gasteiger partial charge is 0.0376 e. The topological polar surface area (TPSA) is 20.2 Å². The van der Waals surface area contributed by atoms with Gasteiger partial charge in [-0.2, -0.15) is 0 Å². The summed E-state index contributed by atoms with van der Waals surface area (Å²) < 4.78 is 8.90. The number of hydrogen-bond acceptors (Lipinski definition) is 2. The van der Waals surface area contributed by atoms with Crippen molar-refractivity contribution in [1.29, 1.82) is 0 Å². The van der Waals surface area contributed by atoms with E-state index in [9.17, 15) is 0 Å². The number of allylic oxidation sites excluding steroid dienone is 2. The Hall–Kier alpha value is 0.0500. The molecule has 1 saturated carbocycles. The zero-order valence-electron chi connectivity index (χ0n) is 5.86. The summed E-state index contributed by atoms with van der Waals surface area (Å²) in [5.41, 5.74) is 0. The third-order valence-corrected chi connectivity index (χ3v) is 3.56. The van der Waals surface area contributed by atoms with Crippen molar-refractivity contribution in [2.24, 2.45) is 11.8 Å². The first-order chi connectivity index (χ1) is 4.92. The minimum Gasteiger partial charge on any atom is -0.330 e. The van der Waals surface area contributed by atoms with Gasteiger partial charge < -0.3 is 4.55 Å². The average Bonchev–Trinajstić information content (AvgIpc) is 1.91. The van der Waals surface area contributed by atoms with Crippen LogP contribution in [0.2, 0.25) is 0 Å². The molecule has 2 unspecified atom stereocenters. The van der Waals surface area contributed by atoms with E-state index in [4.69, 9.17) is 4.55 Å². The van der Waals surface area contributed by atoms with Crippen LogP contribution in [0.15, 0.2) is 12.2 Å². The second-order valence-corrected chi connectivity index (χ2v) is 4.03. The third kappa shape index (κ3) is 0.903. The Morgan fingerprint density at radius 3 is 2.80 bits per heavy atom. The number of hydrogen-bond donors (Lipinski definition) is 1. The monoisotopic (exact) mass is 156 g/mol. The van der Waals surface area contributed by atoms with Crippen LogP contribution in [0.4, 0.5) is 0 Å². The number of fused-ring (bicyclic) bond motifs is 1. The lowest BCUT2D eigenvalue weighted by Crippen LogP contribution is -2.35. The van der Waals surface area contributed by atoms with E-state index in [1.807, 2.05) is 0 Å². The van der Waals surface area contributed by atoms with Crippen LogP contribution in [0, 0.1) is 11.8 Å².